The smallest absolute Gasteiger partial charge is 0.233 e. The van der Waals surface area contributed by atoms with Gasteiger partial charge < -0.3 is 11.1 Å². The Morgan fingerprint density at radius 3 is 2.27 bits per heavy atom. The van der Waals surface area contributed by atoms with Gasteiger partial charge in [0, 0.05) is 6.04 Å². The molecule has 4 heteroatoms. The van der Waals surface area contributed by atoms with Crippen molar-refractivity contribution in [1.82, 2.24) is 5.32 Å². The monoisotopic (exact) mass is 226 g/mol. The maximum atomic E-state index is 12.0. The number of amides is 1. The lowest BCUT2D eigenvalue weighted by Gasteiger charge is -2.39. The lowest BCUT2D eigenvalue weighted by Crippen LogP contribution is -2.53. The van der Waals surface area contributed by atoms with Gasteiger partial charge >= 0.3 is 0 Å². The third-order valence-corrected chi connectivity index (χ3v) is 4.32. The van der Waals surface area contributed by atoms with E-state index in [1.165, 1.54) is 0 Å². The molecule has 0 heterocycles. The fourth-order valence-corrected chi connectivity index (χ4v) is 2.42. The molecule has 0 aromatic carbocycles. The maximum absolute atomic E-state index is 12.0. The van der Waals surface area contributed by atoms with Gasteiger partial charge in [-0.2, -0.15) is 0 Å². The normalized spacial score (nSPS) is 30.1. The first-order chi connectivity index (χ1) is 6.88. The first-order valence-corrected chi connectivity index (χ1v) is 5.90. The molecular formula is C11H18N2OS. The van der Waals surface area contributed by atoms with E-state index in [0.29, 0.717) is 11.0 Å². The topological polar surface area (TPSA) is 55.1 Å². The van der Waals surface area contributed by atoms with E-state index in [1.54, 1.807) is 0 Å². The van der Waals surface area contributed by atoms with Gasteiger partial charge in [-0.3, -0.25) is 4.79 Å². The van der Waals surface area contributed by atoms with Gasteiger partial charge in [0.15, 0.2) is 0 Å². The van der Waals surface area contributed by atoms with Crippen molar-refractivity contribution in [2.45, 2.75) is 45.6 Å². The van der Waals surface area contributed by atoms with Crippen LogP contribution in [0, 0.1) is 10.8 Å². The summed E-state index contributed by atoms with van der Waals surface area (Å²) < 4.78 is 0. The lowest BCUT2D eigenvalue weighted by atomic mass is 9.68. The number of nitrogens with two attached hydrogens (primary N) is 1. The Hall–Kier alpha value is -0.640. The molecule has 3 N–H and O–H groups in total. The van der Waals surface area contributed by atoms with Crippen LogP contribution < -0.4 is 11.1 Å². The average molecular weight is 226 g/mol. The van der Waals surface area contributed by atoms with Crippen LogP contribution in [0.25, 0.3) is 0 Å². The van der Waals surface area contributed by atoms with Gasteiger partial charge in [-0.05, 0) is 24.7 Å². The van der Waals surface area contributed by atoms with Crippen molar-refractivity contribution in [2.24, 2.45) is 16.6 Å². The van der Waals surface area contributed by atoms with Gasteiger partial charge in [0.05, 0.1) is 10.4 Å². The molecule has 3 nitrogen and oxygen atoms in total. The highest BCUT2D eigenvalue weighted by Crippen LogP contribution is 2.47. The Morgan fingerprint density at radius 1 is 1.47 bits per heavy atom. The number of rotatable bonds is 3. The Kier molecular flexibility index (Phi) is 2.30. The molecule has 2 rings (SSSR count). The van der Waals surface area contributed by atoms with Crippen molar-refractivity contribution in [2.75, 3.05) is 0 Å². The number of nitrogens with one attached hydrogen (secondary N) is 1. The quantitative estimate of drug-likeness (QED) is 0.714. The Balaban J connectivity index is 1.99. The van der Waals surface area contributed by atoms with Crippen molar-refractivity contribution in [3.05, 3.63) is 0 Å². The summed E-state index contributed by atoms with van der Waals surface area (Å²) >= 11 is 5.00. The van der Waals surface area contributed by atoms with Crippen molar-refractivity contribution in [1.29, 1.82) is 0 Å². The average Bonchev–Trinajstić information content (AvgIpc) is 2.53. The predicted octanol–water partition coefficient (Wildman–Crippen LogP) is 1.36. The second-order valence-electron chi connectivity index (χ2n) is 5.52. The van der Waals surface area contributed by atoms with Gasteiger partial charge in [-0.25, -0.2) is 0 Å². The molecule has 1 unspecified atom stereocenters. The first kappa shape index (κ1) is 10.9. The molecule has 0 aliphatic heterocycles. The molecule has 15 heavy (non-hydrogen) atoms. The van der Waals surface area contributed by atoms with E-state index in [0.717, 1.165) is 25.7 Å². The number of hydrogen-bond donors (Lipinski definition) is 2. The third kappa shape index (κ3) is 1.65. The summed E-state index contributed by atoms with van der Waals surface area (Å²) in [6.45, 7) is 4.32. The number of thiocarbonyl (C=S) groups is 1. The standard InChI is InChI=1S/C11H18N2OS/c1-10(2)6-7(10)13-9(14)11(8(12)15)4-3-5-11/h7H,3-6H2,1-2H3,(H2,12,15)(H,13,14). The molecule has 2 aliphatic rings. The van der Waals surface area contributed by atoms with Crippen LogP contribution >= 0.6 is 12.2 Å². The van der Waals surface area contributed by atoms with E-state index in [4.69, 9.17) is 18.0 Å². The van der Waals surface area contributed by atoms with Crippen LogP contribution in [0.15, 0.2) is 0 Å². The Morgan fingerprint density at radius 2 is 2.00 bits per heavy atom. The minimum absolute atomic E-state index is 0.0526. The van der Waals surface area contributed by atoms with Crippen LogP contribution in [0.3, 0.4) is 0 Å². The highest BCUT2D eigenvalue weighted by Gasteiger charge is 2.52. The van der Waals surface area contributed by atoms with Crippen LogP contribution in [0.5, 0.6) is 0 Å². The Bertz CT molecular complexity index is 321. The van der Waals surface area contributed by atoms with Gasteiger partial charge in [0.25, 0.3) is 0 Å². The molecule has 84 valence electrons. The second-order valence-corrected chi connectivity index (χ2v) is 5.96. The summed E-state index contributed by atoms with van der Waals surface area (Å²) in [4.78, 5) is 12.4. The molecule has 0 bridgehead atoms. The fourth-order valence-electron chi connectivity index (χ4n) is 2.13. The van der Waals surface area contributed by atoms with E-state index in [9.17, 15) is 4.79 Å². The minimum atomic E-state index is -0.520. The summed E-state index contributed by atoms with van der Waals surface area (Å²) in [5.74, 6) is 0.0526. The minimum Gasteiger partial charge on any atom is -0.392 e. The molecule has 2 fully saturated rings. The highest BCUT2D eigenvalue weighted by atomic mass is 32.1. The van der Waals surface area contributed by atoms with Crippen LogP contribution in [-0.2, 0) is 4.79 Å². The molecule has 2 saturated carbocycles. The van der Waals surface area contributed by atoms with Crippen molar-refractivity contribution in [3.8, 4) is 0 Å². The fraction of sp³-hybridized carbons (Fsp3) is 0.818. The zero-order chi connectivity index (χ0) is 11.3. The van der Waals surface area contributed by atoms with Gasteiger partial charge in [0.2, 0.25) is 5.91 Å². The zero-order valence-electron chi connectivity index (χ0n) is 9.30. The molecule has 0 saturated heterocycles. The van der Waals surface area contributed by atoms with Crippen LogP contribution in [0.4, 0.5) is 0 Å². The molecular weight excluding hydrogens is 208 g/mol. The van der Waals surface area contributed by atoms with Crippen molar-refractivity contribution >= 4 is 23.1 Å². The predicted molar refractivity (Wildman–Crippen MR) is 63.4 cm³/mol. The number of carbonyl (C=O) groups excluding carboxylic acids is 1. The summed E-state index contributed by atoms with van der Waals surface area (Å²) in [5, 5.41) is 3.06. The molecule has 0 aromatic heterocycles. The molecule has 1 amide bonds. The largest absolute Gasteiger partial charge is 0.392 e. The summed E-state index contributed by atoms with van der Waals surface area (Å²) in [6, 6.07) is 0.317. The summed E-state index contributed by atoms with van der Waals surface area (Å²) in [5.41, 5.74) is 5.41. The second kappa shape index (κ2) is 3.17. The molecule has 1 atom stereocenters. The third-order valence-electron chi connectivity index (χ3n) is 3.93. The number of carbonyl (C=O) groups is 1. The number of hydrogen-bond acceptors (Lipinski definition) is 2. The van der Waals surface area contributed by atoms with E-state index in [-0.39, 0.29) is 11.3 Å². The van der Waals surface area contributed by atoms with Crippen LogP contribution in [0.1, 0.15) is 39.5 Å². The summed E-state index contributed by atoms with van der Waals surface area (Å²) in [6.07, 6.45) is 3.76. The van der Waals surface area contributed by atoms with Crippen LogP contribution in [-0.4, -0.2) is 16.9 Å². The van der Waals surface area contributed by atoms with Gasteiger partial charge in [-0.15, -0.1) is 0 Å². The molecule has 2 aliphatic carbocycles. The SMILES string of the molecule is CC1(C)CC1NC(=O)C1(C(N)=S)CCC1. The Labute approximate surface area is 95.8 Å². The lowest BCUT2D eigenvalue weighted by molar-refractivity contribution is -0.131. The van der Waals surface area contributed by atoms with Crippen molar-refractivity contribution < 1.29 is 4.79 Å². The molecule has 0 aromatic rings. The van der Waals surface area contributed by atoms with Gasteiger partial charge in [-0.1, -0.05) is 32.5 Å². The van der Waals surface area contributed by atoms with E-state index < -0.39 is 5.41 Å². The maximum Gasteiger partial charge on any atom is 0.233 e. The van der Waals surface area contributed by atoms with E-state index in [1.807, 2.05) is 0 Å². The van der Waals surface area contributed by atoms with Crippen LogP contribution in [0.2, 0.25) is 0 Å². The van der Waals surface area contributed by atoms with E-state index >= 15 is 0 Å². The highest BCUT2D eigenvalue weighted by molar-refractivity contribution is 7.80. The van der Waals surface area contributed by atoms with Crippen molar-refractivity contribution in [3.63, 3.8) is 0 Å². The van der Waals surface area contributed by atoms with Gasteiger partial charge in [0.1, 0.15) is 0 Å². The molecule has 0 radical (unpaired) electrons. The van der Waals surface area contributed by atoms with E-state index in [2.05, 4.69) is 19.2 Å². The molecule has 0 spiro atoms. The first-order valence-electron chi connectivity index (χ1n) is 5.49. The summed E-state index contributed by atoms with van der Waals surface area (Å²) in [7, 11) is 0. The zero-order valence-corrected chi connectivity index (χ0v) is 10.1.